The van der Waals surface area contributed by atoms with Crippen molar-refractivity contribution in [2.45, 2.75) is 44.9 Å². The molecule has 1 fully saturated rings. The van der Waals surface area contributed by atoms with Gasteiger partial charge in [-0.25, -0.2) is 14.4 Å². The Balaban J connectivity index is 2.18. The van der Waals surface area contributed by atoms with Crippen molar-refractivity contribution in [3.8, 4) is 11.4 Å². The Hall–Kier alpha value is -2.70. The van der Waals surface area contributed by atoms with Gasteiger partial charge >= 0.3 is 0 Å². The molecule has 0 aliphatic heterocycles. The Kier molecular flexibility index (Phi) is 5.30. The van der Waals surface area contributed by atoms with E-state index in [4.69, 9.17) is 11.5 Å². The maximum atomic E-state index is 15.2. The molecule has 1 aliphatic carbocycles. The average molecular weight is 371 g/mol. The minimum Gasteiger partial charge on any atom is -0.396 e. The predicted octanol–water partition coefficient (Wildman–Crippen LogP) is 3.39. The molecule has 2 aromatic rings. The Bertz CT molecular complexity index is 875. The lowest BCUT2D eigenvalue weighted by Gasteiger charge is -2.26. The molecule has 1 amide bonds. The molecule has 144 valence electrons. The molecule has 1 heterocycles. The van der Waals surface area contributed by atoms with E-state index in [9.17, 15) is 4.79 Å². The molecule has 0 radical (unpaired) electrons. The van der Waals surface area contributed by atoms with Crippen molar-refractivity contribution in [1.82, 2.24) is 9.97 Å². The molecule has 0 atom stereocenters. The molecule has 6 nitrogen and oxygen atoms in total. The van der Waals surface area contributed by atoms with Crippen molar-refractivity contribution < 1.29 is 9.18 Å². The van der Waals surface area contributed by atoms with Crippen molar-refractivity contribution >= 4 is 17.4 Å². The summed E-state index contributed by atoms with van der Waals surface area (Å²) in [4.78, 5) is 22.7. The van der Waals surface area contributed by atoms with E-state index in [0.717, 1.165) is 37.7 Å². The van der Waals surface area contributed by atoms with E-state index in [2.05, 4.69) is 9.97 Å². The molecule has 1 saturated carbocycles. The SMILES string of the molecule is Cc1cnc(-c2cc(C(N)=O)c(C3CCCCC3)c(N)c2F)nc1N(C)C. The van der Waals surface area contributed by atoms with Gasteiger partial charge in [0.15, 0.2) is 11.6 Å². The molecule has 27 heavy (non-hydrogen) atoms. The van der Waals surface area contributed by atoms with Gasteiger partial charge in [0.25, 0.3) is 0 Å². The number of hydrogen-bond acceptors (Lipinski definition) is 5. The molecule has 1 aromatic heterocycles. The highest BCUT2D eigenvalue weighted by Gasteiger charge is 2.28. The summed E-state index contributed by atoms with van der Waals surface area (Å²) >= 11 is 0. The number of aromatic nitrogens is 2. The fourth-order valence-electron chi connectivity index (χ4n) is 3.91. The van der Waals surface area contributed by atoms with Gasteiger partial charge in [0.2, 0.25) is 5.91 Å². The van der Waals surface area contributed by atoms with E-state index in [0.29, 0.717) is 11.4 Å². The number of primary amides is 1. The van der Waals surface area contributed by atoms with Crippen LogP contribution in [0.5, 0.6) is 0 Å². The third kappa shape index (κ3) is 3.59. The number of anilines is 2. The summed E-state index contributed by atoms with van der Waals surface area (Å²) in [7, 11) is 3.70. The topological polar surface area (TPSA) is 98.1 Å². The molecular formula is C20H26FN5O. The number of nitrogens with zero attached hydrogens (tertiary/aromatic N) is 3. The summed E-state index contributed by atoms with van der Waals surface area (Å²) in [5, 5.41) is 0. The van der Waals surface area contributed by atoms with E-state index >= 15 is 4.39 Å². The maximum absolute atomic E-state index is 15.2. The lowest BCUT2D eigenvalue weighted by atomic mass is 9.80. The van der Waals surface area contributed by atoms with Crippen LogP contribution in [0.4, 0.5) is 15.9 Å². The summed E-state index contributed by atoms with van der Waals surface area (Å²) in [5.41, 5.74) is 13.6. The molecule has 0 unspecified atom stereocenters. The van der Waals surface area contributed by atoms with E-state index in [1.807, 2.05) is 25.9 Å². The standard InChI is InChI=1S/C20H26FN5O/c1-11-10-24-19(25-20(11)26(2)3)14-9-13(18(23)27)15(17(22)16(14)21)12-7-5-4-6-8-12/h9-10,12H,4-8,22H2,1-3H3,(H2,23,27). The summed E-state index contributed by atoms with van der Waals surface area (Å²) in [6, 6.07) is 1.46. The number of aryl methyl sites for hydroxylation is 1. The fraction of sp³-hybridized carbons (Fsp3) is 0.450. The zero-order valence-electron chi connectivity index (χ0n) is 16.1. The fourth-order valence-corrected chi connectivity index (χ4v) is 3.91. The summed E-state index contributed by atoms with van der Waals surface area (Å²) < 4.78 is 15.2. The van der Waals surface area contributed by atoms with Crippen LogP contribution in [0.1, 0.15) is 59.5 Å². The lowest BCUT2D eigenvalue weighted by molar-refractivity contribution is 0.0998. The average Bonchev–Trinajstić information content (AvgIpc) is 2.64. The van der Waals surface area contributed by atoms with Crippen LogP contribution in [0.25, 0.3) is 11.4 Å². The highest BCUT2D eigenvalue weighted by atomic mass is 19.1. The van der Waals surface area contributed by atoms with Gasteiger partial charge in [0.1, 0.15) is 5.82 Å². The number of halogens is 1. The van der Waals surface area contributed by atoms with Crippen LogP contribution >= 0.6 is 0 Å². The number of amides is 1. The van der Waals surface area contributed by atoms with Crippen LogP contribution in [0.15, 0.2) is 12.3 Å². The Labute approximate surface area is 158 Å². The van der Waals surface area contributed by atoms with E-state index in [1.54, 1.807) is 6.20 Å². The first-order valence-corrected chi connectivity index (χ1v) is 9.24. The zero-order chi connectivity index (χ0) is 19.7. The van der Waals surface area contributed by atoms with E-state index in [-0.39, 0.29) is 28.6 Å². The Morgan fingerprint density at radius 3 is 2.52 bits per heavy atom. The van der Waals surface area contributed by atoms with Gasteiger partial charge < -0.3 is 16.4 Å². The summed E-state index contributed by atoms with van der Waals surface area (Å²) in [6.45, 7) is 1.88. The third-order valence-corrected chi connectivity index (χ3v) is 5.23. The highest BCUT2D eigenvalue weighted by molar-refractivity contribution is 5.97. The number of carbonyl (C=O) groups excluding carboxylic acids is 1. The minimum absolute atomic E-state index is 0.0104. The molecule has 1 aromatic carbocycles. The van der Waals surface area contributed by atoms with E-state index < -0.39 is 11.7 Å². The van der Waals surface area contributed by atoms with Crippen LogP contribution < -0.4 is 16.4 Å². The van der Waals surface area contributed by atoms with Crippen molar-refractivity contribution in [2.24, 2.45) is 5.73 Å². The molecule has 3 rings (SSSR count). The van der Waals surface area contributed by atoms with Crippen LogP contribution in [0.3, 0.4) is 0 Å². The first kappa shape index (κ1) is 19.1. The van der Waals surface area contributed by atoms with Crippen LogP contribution in [0, 0.1) is 12.7 Å². The first-order valence-electron chi connectivity index (χ1n) is 9.24. The molecule has 0 saturated heterocycles. The summed E-state index contributed by atoms with van der Waals surface area (Å²) in [6.07, 6.45) is 6.63. The van der Waals surface area contributed by atoms with Crippen LogP contribution in [-0.4, -0.2) is 30.0 Å². The monoisotopic (exact) mass is 371 g/mol. The minimum atomic E-state index is -0.608. The molecule has 7 heteroatoms. The molecule has 1 aliphatic rings. The van der Waals surface area contributed by atoms with Crippen molar-refractivity contribution in [3.05, 3.63) is 34.8 Å². The Morgan fingerprint density at radius 1 is 1.26 bits per heavy atom. The van der Waals surface area contributed by atoms with Crippen molar-refractivity contribution in [2.75, 3.05) is 24.7 Å². The smallest absolute Gasteiger partial charge is 0.249 e. The van der Waals surface area contributed by atoms with Gasteiger partial charge in [-0.2, -0.15) is 0 Å². The van der Waals surface area contributed by atoms with Gasteiger partial charge in [0, 0.05) is 31.4 Å². The number of carbonyl (C=O) groups is 1. The normalized spacial score (nSPS) is 15.0. The lowest BCUT2D eigenvalue weighted by Crippen LogP contribution is -2.20. The van der Waals surface area contributed by atoms with Gasteiger partial charge in [-0.1, -0.05) is 19.3 Å². The number of benzene rings is 1. The second-order valence-electron chi connectivity index (χ2n) is 7.41. The zero-order valence-corrected chi connectivity index (χ0v) is 16.1. The van der Waals surface area contributed by atoms with Crippen LogP contribution in [0.2, 0.25) is 0 Å². The quantitative estimate of drug-likeness (QED) is 0.803. The van der Waals surface area contributed by atoms with Gasteiger partial charge in [0.05, 0.1) is 11.3 Å². The molecule has 4 N–H and O–H groups in total. The number of nitrogen functional groups attached to an aromatic ring is 1. The van der Waals surface area contributed by atoms with Crippen LogP contribution in [-0.2, 0) is 0 Å². The number of nitrogens with two attached hydrogens (primary N) is 2. The number of hydrogen-bond donors (Lipinski definition) is 2. The third-order valence-electron chi connectivity index (χ3n) is 5.23. The second kappa shape index (κ2) is 7.50. The molecule has 0 bridgehead atoms. The second-order valence-corrected chi connectivity index (χ2v) is 7.41. The van der Waals surface area contributed by atoms with Crippen molar-refractivity contribution in [3.63, 3.8) is 0 Å². The summed E-state index contributed by atoms with van der Waals surface area (Å²) in [5.74, 6) is -0.278. The van der Waals surface area contributed by atoms with E-state index in [1.165, 1.54) is 6.07 Å². The van der Waals surface area contributed by atoms with Crippen molar-refractivity contribution in [1.29, 1.82) is 0 Å². The van der Waals surface area contributed by atoms with Gasteiger partial charge in [-0.15, -0.1) is 0 Å². The first-order chi connectivity index (χ1) is 12.8. The predicted molar refractivity (Wildman–Crippen MR) is 105 cm³/mol. The Morgan fingerprint density at radius 2 is 1.93 bits per heavy atom. The number of rotatable bonds is 4. The largest absolute Gasteiger partial charge is 0.396 e. The maximum Gasteiger partial charge on any atom is 0.249 e. The molecular weight excluding hydrogens is 345 g/mol. The van der Waals surface area contributed by atoms with Gasteiger partial charge in [-0.05, 0) is 37.3 Å². The highest BCUT2D eigenvalue weighted by Crippen LogP contribution is 2.41. The molecule has 0 spiro atoms. The van der Waals surface area contributed by atoms with Gasteiger partial charge in [-0.3, -0.25) is 4.79 Å².